The number of nitrogens with zero attached hydrogens (tertiary/aromatic N) is 3. The number of nitrogens with one attached hydrogen (secondary N) is 1. The van der Waals surface area contributed by atoms with Crippen LogP contribution in [0, 0.1) is 0 Å². The van der Waals surface area contributed by atoms with Crippen LogP contribution in [0.15, 0.2) is 36.9 Å². The number of fused-ring (bicyclic) bond motifs is 1. The standard InChI is InChI=1S/C14H13N5O2/c15-10(14(20)21)5-8-1-3-9(4-2-8)11-12-13(18-6-16-11)19-7-17-12/h1-4,6-7,10H,5,15H2,(H,20,21)(H,16,17,18,19)/t10-/m1/s1. The lowest BCUT2D eigenvalue weighted by molar-refractivity contribution is -0.138. The number of nitrogens with two attached hydrogens (primary N) is 1. The van der Waals surface area contributed by atoms with E-state index in [9.17, 15) is 4.79 Å². The van der Waals surface area contributed by atoms with Gasteiger partial charge in [0.05, 0.1) is 12.0 Å². The van der Waals surface area contributed by atoms with Crippen LogP contribution >= 0.6 is 0 Å². The summed E-state index contributed by atoms with van der Waals surface area (Å²) in [6.07, 6.45) is 3.33. The van der Waals surface area contributed by atoms with E-state index in [0.717, 1.165) is 22.3 Å². The summed E-state index contributed by atoms with van der Waals surface area (Å²) in [4.78, 5) is 26.2. The fraction of sp³-hybridized carbons (Fsp3) is 0.143. The number of aliphatic carboxylic acids is 1. The van der Waals surface area contributed by atoms with E-state index in [2.05, 4.69) is 19.9 Å². The second-order valence-electron chi connectivity index (χ2n) is 4.67. The van der Waals surface area contributed by atoms with Crippen molar-refractivity contribution in [2.75, 3.05) is 0 Å². The molecule has 106 valence electrons. The van der Waals surface area contributed by atoms with Crippen molar-refractivity contribution in [1.82, 2.24) is 19.9 Å². The minimum atomic E-state index is -1.01. The molecule has 3 aromatic rings. The third kappa shape index (κ3) is 2.59. The molecule has 1 aromatic carbocycles. The predicted molar refractivity (Wildman–Crippen MR) is 76.4 cm³/mol. The highest BCUT2D eigenvalue weighted by Gasteiger charge is 2.13. The van der Waals surface area contributed by atoms with Crippen molar-refractivity contribution in [2.24, 2.45) is 5.73 Å². The summed E-state index contributed by atoms with van der Waals surface area (Å²) < 4.78 is 0. The molecule has 0 saturated carbocycles. The van der Waals surface area contributed by atoms with Crippen LogP contribution in [-0.4, -0.2) is 37.1 Å². The largest absolute Gasteiger partial charge is 0.480 e. The summed E-state index contributed by atoms with van der Waals surface area (Å²) in [7, 11) is 0. The van der Waals surface area contributed by atoms with Crippen LogP contribution in [0.25, 0.3) is 22.4 Å². The molecule has 4 N–H and O–H groups in total. The van der Waals surface area contributed by atoms with Gasteiger partial charge in [0.2, 0.25) is 0 Å². The first kappa shape index (κ1) is 13.2. The molecule has 0 spiro atoms. The van der Waals surface area contributed by atoms with E-state index < -0.39 is 12.0 Å². The fourth-order valence-corrected chi connectivity index (χ4v) is 2.12. The smallest absolute Gasteiger partial charge is 0.320 e. The number of carboxylic acid groups (broad SMARTS) is 1. The highest BCUT2D eigenvalue weighted by Crippen LogP contribution is 2.23. The molecule has 1 atom stereocenters. The Kier molecular flexibility index (Phi) is 3.33. The van der Waals surface area contributed by atoms with Gasteiger partial charge in [-0.15, -0.1) is 0 Å². The Balaban J connectivity index is 1.90. The van der Waals surface area contributed by atoms with Crippen LogP contribution < -0.4 is 5.73 Å². The number of imidazole rings is 1. The molecular weight excluding hydrogens is 270 g/mol. The maximum Gasteiger partial charge on any atom is 0.320 e. The molecular formula is C14H13N5O2. The van der Waals surface area contributed by atoms with Crippen molar-refractivity contribution in [3.05, 3.63) is 42.5 Å². The topological polar surface area (TPSA) is 118 Å². The summed E-state index contributed by atoms with van der Waals surface area (Å²) in [5, 5.41) is 8.82. The van der Waals surface area contributed by atoms with E-state index in [1.807, 2.05) is 24.3 Å². The van der Waals surface area contributed by atoms with E-state index in [0.29, 0.717) is 12.1 Å². The molecule has 0 saturated heterocycles. The van der Waals surface area contributed by atoms with Crippen LogP contribution in [0.1, 0.15) is 5.56 Å². The Morgan fingerprint density at radius 2 is 2.00 bits per heavy atom. The van der Waals surface area contributed by atoms with Gasteiger partial charge in [0.25, 0.3) is 0 Å². The lowest BCUT2D eigenvalue weighted by atomic mass is 10.0. The Hall–Kier alpha value is -2.80. The average Bonchev–Trinajstić information content (AvgIpc) is 2.96. The third-order valence-electron chi connectivity index (χ3n) is 3.22. The number of carboxylic acids is 1. The molecule has 0 bridgehead atoms. The van der Waals surface area contributed by atoms with Crippen molar-refractivity contribution in [2.45, 2.75) is 12.5 Å². The van der Waals surface area contributed by atoms with Gasteiger partial charge >= 0.3 is 5.97 Å². The van der Waals surface area contributed by atoms with Gasteiger partial charge in [-0.25, -0.2) is 15.0 Å². The lowest BCUT2D eigenvalue weighted by Gasteiger charge is -2.07. The number of aromatic amines is 1. The van der Waals surface area contributed by atoms with Crippen molar-refractivity contribution >= 4 is 17.1 Å². The molecule has 21 heavy (non-hydrogen) atoms. The predicted octanol–water partition coefficient (Wildman–Crippen LogP) is 0.974. The van der Waals surface area contributed by atoms with E-state index in [-0.39, 0.29) is 0 Å². The normalized spacial score (nSPS) is 12.4. The van der Waals surface area contributed by atoms with Crippen LogP contribution in [0.5, 0.6) is 0 Å². The average molecular weight is 283 g/mol. The quantitative estimate of drug-likeness (QED) is 0.656. The number of hydrogen-bond donors (Lipinski definition) is 3. The van der Waals surface area contributed by atoms with Gasteiger partial charge in [-0.3, -0.25) is 4.79 Å². The molecule has 0 amide bonds. The molecule has 2 aromatic heterocycles. The molecule has 0 fully saturated rings. The second-order valence-corrected chi connectivity index (χ2v) is 4.67. The first-order valence-corrected chi connectivity index (χ1v) is 6.37. The maximum atomic E-state index is 10.8. The monoisotopic (exact) mass is 283 g/mol. The number of aromatic nitrogens is 4. The fourth-order valence-electron chi connectivity index (χ4n) is 2.12. The molecule has 0 radical (unpaired) electrons. The van der Waals surface area contributed by atoms with Gasteiger partial charge in [0.1, 0.15) is 17.9 Å². The minimum Gasteiger partial charge on any atom is -0.480 e. The van der Waals surface area contributed by atoms with E-state index >= 15 is 0 Å². The zero-order valence-electron chi connectivity index (χ0n) is 11.0. The van der Waals surface area contributed by atoms with Gasteiger partial charge < -0.3 is 15.8 Å². The molecule has 7 nitrogen and oxygen atoms in total. The Morgan fingerprint density at radius 1 is 1.24 bits per heavy atom. The van der Waals surface area contributed by atoms with Crippen LogP contribution in [0.3, 0.4) is 0 Å². The van der Waals surface area contributed by atoms with Gasteiger partial charge in [-0.2, -0.15) is 0 Å². The zero-order valence-corrected chi connectivity index (χ0v) is 11.0. The number of carbonyl (C=O) groups is 1. The Labute approximate surface area is 119 Å². The Bertz CT molecular complexity index is 781. The zero-order chi connectivity index (χ0) is 14.8. The minimum absolute atomic E-state index is 0.291. The van der Waals surface area contributed by atoms with Crippen molar-refractivity contribution in [3.8, 4) is 11.3 Å². The molecule has 3 rings (SSSR count). The van der Waals surface area contributed by atoms with Crippen LogP contribution in [0.2, 0.25) is 0 Å². The highest BCUT2D eigenvalue weighted by molar-refractivity contribution is 5.86. The molecule has 0 aliphatic heterocycles. The van der Waals surface area contributed by atoms with Crippen molar-refractivity contribution < 1.29 is 9.90 Å². The summed E-state index contributed by atoms with van der Waals surface area (Å²) in [5.74, 6) is -1.01. The van der Waals surface area contributed by atoms with E-state index in [4.69, 9.17) is 10.8 Å². The SMILES string of the molecule is N[C@H](Cc1ccc(-c2ncnc3nc[nH]c23)cc1)C(=O)O. The summed E-state index contributed by atoms with van der Waals surface area (Å²) in [5.41, 5.74) is 9.43. The van der Waals surface area contributed by atoms with Crippen LogP contribution in [-0.2, 0) is 11.2 Å². The van der Waals surface area contributed by atoms with Gasteiger partial charge in [-0.1, -0.05) is 24.3 Å². The molecule has 0 unspecified atom stereocenters. The number of H-pyrrole nitrogens is 1. The van der Waals surface area contributed by atoms with Crippen molar-refractivity contribution in [3.63, 3.8) is 0 Å². The summed E-state index contributed by atoms with van der Waals surface area (Å²) in [6, 6.07) is 6.57. The highest BCUT2D eigenvalue weighted by atomic mass is 16.4. The first-order chi connectivity index (χ1) is 10.1. The van der Waals surface area contributed by atoms with Crippen molar-refractivity contribution in [1.29, 1.82) is 0 Å². The molecule has 0 aliphatic carbocycles. The molecule has 7 heteroatoms. The Morgan fingerprint density at radius 3 is 2.71 bits per heavy atom. The number of benzene rings is 1. The van der Waals surface area contributed by atoms with Gasteiger partial charge in [-0.05, 0) is 12.0 Å². The summed E-state index contributed by atoms with van der Waals surface area (Å²) in [6.45, 7) is 0. The van der Waals surface area contributed by atoms with E-state index in [1.54, 1.807) is 6.33 Å². The summed E-state index contributed by atoms with van der Waals surface area (Å²) >= 11 is 0. The number of rotatable bonds is 4. The lowest BCUT2D eigenvalue weighted by Crippen LogP contribution is -2.32. The first-order valence-electron chi connectivity index (χ1n) is 6.37. The third-order valence-corrected chi connectivity index (χ3v) is 3.22. The second kappa shape index (κ2) is 5.29. The van der Waals surface area contributed by atoms with Gasteiger partial charge in [0, 0.05) is 5.56 Å². The van der Waals surface area contributed by atoms with Crippen LogP contribution in [0.4, 0.5) is 0 Å². The number of hydrogen-bond acceptors (Lipinski definition) is 5. The molecule has 2 heterocycles. The maximum absolute atomic E-state index is 10.8. The van der Waals surface area contributed by atoms with E-state index in [1.165, 1.54) is 6.33 Å². The van der Waals surface area contributed by atoms with Gasteiger partial charge in [0.15, 0.2) is 5.65 Å². The molecule has 0 aliphatic rings.